The molecule has 8 nitrogen and oxygen atoms in total. The maximum atomic E-state index is 13.0. The van der Waals surface area contributed by atoms with Crippen molar-refractivity contribution < 1.29 is 17.9 Å². The Bertz CT molecular complexity index is 1740. The van der Waals surface area contributed by atoms with Gasteiger partial charge in [0.1, 0.15) is 22.7 Å². The number of nitrogens with zero attached hydrogens (tertiary/aromatic N) is 1. The molecule has 0 unspecified atom stereocenters. The first-order valence-corrected chi connectivity index (χ1v) is 14.6. The number of fused-ring (bicyclic) bond motifs is 1. The number of nitrogens with one attached hydrogen (secondary N) is 2. The summed E-state index contributed by atoms with van der Waals surface area (Å²) in [7, 11) is -1.93. The van der Waals surface area contributed by atoms with Crippen LogP contribution in [0, 0.1) is 6.92 Å². The fourth-order valence-corrected chi connectivity index (χ4v) is 5.49. The third-order valence-electron chi connectivity index (χ3n) is 6.76. The standard InChI is InChI=1S/C30H35N3O5S/c1-8-31-28(34)24-16-21-22(17-33(7)29(35)26(21)32-24)20-15-19(39(36,37)9-2)13-14-25(20)38-27-18(3)11-10-12-23(27)30(4,5)6/h10-17,32H,8-9H2,1-7H3,(H,31,34). The number of rotatable bonds is 7. The van der Waals surface area contributed by atoms with Gasteiger partial charge in [0.25, 0.3) is 11.5 Å². The van der Waals surface area contributed by atoms with E-state index in [4.69, 9.17) is 4.74 Å². The summed E-state index contributed by atoms with van der Waals surface area (Å²) in [6.45, 7) is 12.1. The molecule has 4 rings (SSSR count). The molecule has 206 valence electrons. The lowest BCUT2D eigenvalue weighted by atomic mass is 9.85. The number of amides is 1. The molecule has 2 N–H and O–H groups in total. The number of ether oxygens (including phenoxy) is 1. The molecular weight excluding hydrogens is 514 g/mol. The molecule has 2 aromatic heterocycles. The average molecular weight is 550 g/mol. The lowest BCUT2D eigenvalue weighted by Crippen LogP contribution is -2.23. The van der Waals surface area contributed by atoms with Crippen molar-refractivity contribution in [1.82, 2.24) is 14.9 Å². The Morgan fingerprint density at radius 3 is 2.44 bits per heavy atom. The zero-order valence-electron chi connectivity index (χ0n) is 23.4. The predicted octanol–water partition coefficient (Wildman–Crippen LogP) is 5.48. The van der Waals surface area contributed by atoms with Crippen LogP contribution in [0.5, 0.6) is 11.5 Å². The van der Waals surface area contributed by atoms with Gasteiger partial charge in [0.05, 0.1) is 10.6 Å². The smallest absolute Gasteiger partial charge is 0.274 e. The first-order valence-electron chi connectivity index (χ1n) is 12.9. The van der Waals surface area contributed by atoms with Crippen LogP contribution in [-0.4, -0.2) is 36.2 Å². The van der Waals surface area contributed by atoms with Crippen LogP contribution in [0.4, 0.5) is 0 Å². The molecule has 39 heavy (non-hydrogen) atoms. The molecule has 0 aliphatic heterocycles. The van der Waals surface area contributed by atoms with Crippen LogP contribution in [0.2, 0.25) is 0 Å². The van der Waals surface area contributed by atoms with Gasteiger partial charge in [0, 0.05) is 41.9 Å². The lowest BCUT2D eigenvalue weighted by molar-refractivity contribution is 0.0951. The van der Waals surface area contributed by atoms with Gasteiger partial charge >= 0.3 is 0 Å². The SMILES string of the molecule is CCNC(=O)c1cc2c(-c3cc(S(=O)(=O)CC)ccc3Oc3c(C)cccc3C(C)(C)C)cn(C)c(=O)c2[nH]1. The first kappa shape index (κ1) is 28.2. The highest BCUT2D eigenvalue weighted by molar-refractivity contribution is 7.91. The van der Waals surface area contributed by atoms with Crippen molar-refractivity contribution in [3.05, 3.63) is 75.8 Å². The molecule has 0 spiro atoms. The fraction of sp³-hybridized carbons (Fsp3) is 0.333. The van der Waals surface area contributed by atoms with E-state index in [9.17, 15) is 18.0 Å². The van der Waals surface area contributed by atoms with Crippen LogP contribution >= 0.6 is 0 Å². The number of sulfone groups is 1. The topological polar surface area (TPSA) is 110 Å². The second-order valence-corrected chi connectivity index (χ2v) is 12.9. The summed E-state index contributed by atoms with van der Waals surface area (Å²) in [5, 5.41) is 3.24. The van der Waals surface area contributed by atoms with Crippen molar-refractivity contribution in [2.45, 2.75) is 51.9 Å². The monoisotopic (exact) mass is 549 g/mol. The molecule has 0 aliphatic carbocycles. The quantitative estimate of drug-likeness (QED) is 0.317. The second kappa shape index (κ2) is 10.4. The highest BCUT2D eigenvalue weighted by Crippen LogP contribution is 2.42. The van der Waals surface area contributed by atoms with Gasteiger partial charge in [-0.1, -0.05) is 45.9 Å². The Hall–Kier alpha value is -3.85. The van der Waals surface area contributed by atoms with E-state index in [0.29, 0.717) is 34.6 Å². The molecule has 4 aromatic rings. The van der Waals surface area contributed by atoms with Gasteiger partial charge in [-0.25, -0.2) is 8.42 Å². The summed E-state index contributed by atoms with van der Waals surface area (Å²) in [4.78, 5) is 28.7. The number of carbonyl (C=O) groups is 1. The molecule has 0 saturated heterocycles. The number of para-hydroxylation sites is 1. The minimum absolute atomic E-state index is 0.0627. The molecule has 2 aromatic carbocycles. The van der Waals surface area contributed by atoms with Gasteiger partial charge < -0.3 is 19.6 Å². The van der Waals surface area contributed by atoms with Gasteiger partial charge in [0.2, 0.25) is 0 Å². The maximum Gasteiger partial charge on any atom is 0.274 e. The highest BCUT2D eigenvalue weighted by atomic mass is 32.2. The lowest BCUT2D eigenvalue weighted by Gasteiger charge is -2.25. The predicted molar refractivity (Wildman–Crippen MR) is 155 cm³/mol. The number of aryl methyl sites for hydroxylation is 2. The molecule has 9 heteroatoms. The van der Waals surface area contributed by atoms with Crippen LogP contribution in [0.1, 0.15) is 56.2 Å². The summed E-state index contributed by atoms with van der Waals surface area (Å²) >= 11 is 0. The Morgan fingerprint density at radius 1 is 1.08 bits per heavy atom. The molecule has 0 fully saturated rings. The molecule has 0 atom stereocenters. The highest BCUT2D eigenvalue weighted by Gasteiger charge is 2.24. The molecule has 0 aliphatic rings. The number of aromatic amines is 1. The fourth-order valence-electron chi connectivity index (χ4n) is 4.58. The zero-order valence-corrected chi connectivity index (χ0v) is 24.2. The van der Waals surface area contributed by atoms with E-state index in [1.165, 1.54) is 4.57 Å². The van der Waals surface area contributed by atoms with Crippen LogP contribution in [-0.2, 0) is 22.3 Å². The summed E-state index contributed by atoms with van der Waals surface area (Å²) in [5.41, 5.74) is 2.97. The van der Waals surface area contributed by atoms with Gasteiger partial charge in [-0.2, -0.15) is 0 Å². The van der Waals surface area contributed by atoms with Gasteiger partial charge in [-0.15, -0.1) is 0 Å². The van der Waals surface area contributed by atoms with Crippen LogP contribution < -0.4 is 15.6 Å². The Morgan fingerprint density at radius 2 is 1.79 bits per heavy atom. The third-order valence-corrected chi connectivity index (χ3v) is 8.49. The van der Waals surface area contributed by atoms with E-state index < -0.39 is 9.84 Å². The van der Waals surface area contributed by atoms with E-state index in [1.807, 2.05) is 32.0 Å². The minimum Gasteiger partial charge on any atom is -0.456 e. The van der Waals surface area contributed by atoms with Gasteiger partial charge in [-0.05, 0) is 49.1 Å². The number of pyridine rings is 1. The summed E-state index contributed by atoms with van der Waals surface area (Å²) in [6, 6.07) is 12.4. The molecule has 1 amide bonds. The molecular formula is C30H35N3O5S. The summed E-state index contributed by atoms with van der Waals surface area (Å²) in [5.74, 6) is 0.726. The van der Waals surface area contributed by atoms with Crippen LogP contribution in [0.3, 0.4) is 0 Å². The van der Waals surface area contributed by atoms with Crippen LogP contribution in [0.15, 0.2) is 58.4 Å². The summed E-state index contributed by atoms with van der Waals surface area (Å²) in [6.07, 6.45) is 1.65. The number of carbonyl (C=O) groups excluding carboxylic acids is 1. The molecule has 0 bridgehead atoms. The maximum absolute atomic E-state index is 13.0. The van der Waals surface area contributed by atoms with Crippen molar-refractivity contribution in [3.63, 3.8) is 0 Å². The van der Waals surface area contributed by atoms with Crippen molar-refractivity contribution >= 4 is 26.6 Å². The number of H-pyrrole nitrogens is 1. The molecule has 0 saturated carbocycles. The number of hydrogen-bond donors (Lipinski definition) is 2. The largest absolute Gasteiger partial charge is 0.456 e. The van der Waals surface area contributed by atoms with Crippen molar-refractivity contribution in [1.29, 1.82) is 0 Å². The van der Waals surface area contributed by atoms with Crippen molar-refractivity contribution in [3.8, 4) is 22.6 Å². The third kappa shape index (κ3) is 5.36. The van der Waals surface area contributed by atoms with E-state index in [0.717, 1.165) is 11.1 Å². The van der Waals surface area contributed by atoms with Crippen LogP contribution in [0.25, 0.3) is 22.0 Å². The van der Waals surface area contributed by atoms with E-state index in [2.05, 4.69) is 31.1 Å². The first-order chi connectivity index (χ1) is 18.3. The van der Waals surface area contributed by atoms with Gasteiger partial charge in [0.15, 0.2) is 9.84 Å². The second-order valence-electron chi connectivity index (χ2n) is 10.7. The number of hydrogen-bond acceptors (Lipinski definition) is 5. The average Bonchev–Trinajstić information content (AvgIpc) is 3.33. The molecule has 2 heterocycles. The molecule has 0 radical (unpaired) electrons. The summed E-state index contributed by atoms with van der Waals surface area (Å²) < 4.78 is 33.8. The minimum atomic E-state index is -3.54. The van der Waals surface area contributed by atoms with Crippen molar-refractivity contribution in [2.24, 2.45) is 7.05 Å². The normalized spacial score (nSPS) is 12.1. The number of benzene rings is 2. The van der Waals surface area contributed by atoms with Crippen molar-refractivity contribution in [2.75, 3.05) is 12.3 Å². The zero-order chi connectivity index (χ0) is 28.7. The Kier molecular flexibility index (Phi) is 7.49. The van der Waals surface area contributed by atoms with Gasteiger partial charge in [-0.3, -0.25) is 9.59 Å². The van der Waals surface area contributed by atoms with E-state index in [1.54, 1.807) is 44.4 Å². The van der Waals surface area contributed by atoms with E-state index in [-0.39, 0.29) is 38.7 Å². The number of aromatic nitrogens is 2. The Balaban J connectivity index is 2.04. The Labute approximate surface area is 228 Å². The van der Waals surface area contributed by atoms with E-state index >= 15 is 0 Å².